The first-order chi connectivity index (χ1) is 6.09. The fourth-order valence-electron chi connectivity index (χ4n) is 0.900. The SMILES string of the molecule is CC(=O)OC[C@H](OC(C)=O)[C@@H]1CO1. The highest BCUT2D eigenvalue weighted by atomic mass is 16.6. The lowest BCUT2D eigenvalue weighted by Gasteiger charge is -2.13. The molecule has 0 radical (unpaired) electrons. The predicted molar refractivity (Wildman–Crippen MR) is 41.9 cm³/mol. The molecule has 74 valence electrons. The van der Waals surface area contributed by atoms with Gasteiger partial charge >= 0.3 is 11.9 Å². The Bertz CT molecular complexity index is 209. The van der Waals surface area contributed by atoms with Crippen LogP contribution in [0.4, 0.5) is 0 Å². The summed E-state index contributed by atoms with van der Waals surface area (Å²) in [6.45, 7) is 3.24. The quantitative estimate of drug-likeness (QED) is 0.454. The molecule has 0 saturated carbocycles. The molecule has 0 spiro atoms. The van der Waals surface area contributed by atoms with Gasteiger partial charge in [-0.3, -0.25) is 9.59 Å². The fourth-order valence-corrected chi connectivity index (χ4v) is 0.900. The minimum atomic E-state index is -0.457. The Morgan fingerprint density at radius 1 is 1.46 bits per heavy atom. The highest BCUT2D eigenvalue weighted by Crippen LogP contribution is 2.17. The Morgan fingerprint density at radius 3 is 2.46 bits per heavy atom. The first-order valence-electron chi connectivity index (χ1n) is 4.02. The van der Waals surface area contributed by atoms with Crippen molar-refractivity contribution in [1.29, 1.82) is 0 Å². The second-order valence-corrected chi connectivity index (χ2v) is 2.82. The lowest BCUT2D eigenvalue weighted by molar-refractivity contribution is -0.157. The van der Waals surface area contributed by atoms with Crippen molar-refractivity contribution in [3.8, 4) is 0 Å². The van der Waals surface area contributed by atoms with Crippen molar-refractivity contribution in [3.63, 3.8) is 0 Å². The number of rotatable bonds is 4. The number of esters is 2. The average molecular weight is 188 g/mol. The summed E-state index contributed by atoms with van der Waals surface area (Å²) >= 11 is 0. The fraction of sp³-hybridized carbons (Fsp3) is 0.750. The van der Waals surface area contributed by atoms with Crippen LogP contribution in [0.1, 0.15) is 13.8 Å². The maximum absolute atomic E-state index is 10.6. The number of hydrogen-bond acceptors (Lipinski definition) is 5. The summed E-state index contributed by atoms with van der Waals surface area (Å²) in [6.07, 6.45) is -0.565. The number of hydrogen-bond donors (Lipinski definition) is 0. The molecule has 0 amide bonds. The predicted octanol–water partition coefficient (Wildman–Crippen LogP) is -0.120. The Kier molecular flexibility index (Phi) is 3.25. The maximum atomic E-state index is 10.6. The minimum Gasteiger partial charge on any atom is -0.462 e. The van der Waals surface area contributed by atoms with Crippen molar-refractivity contribution in [2.45, 2.75) is 26.1 Å². The monoisotopic (exact) mass is 188 g/mol. The van der Waals surface area contributed by atoms with Crippen LogP contribution in [0.5, 0.6) is 0 Å². The molecule has 1 rings (SSSR count). The summed E-state index contributed by atoms with van der Waals surface area (Å²) in [5.74, 6) is -0.787. The molecule has 2 atom stereocenters. The Morgan fingerprint density at radius 2 is 2.08 bits per heavy atom. The molecule has 0 bridgehead atoms. The van der Waals surface area contributed by atoms with Crippen LogP contribution < -0.4 is 0 Å². The van der Waals surface area contributed by atoms with Gasteiger partial charge in [0.1, 0.15) is 12.7 Å². The van der Waals surface area contributed by atoms with Crippen LogP contribution in [0.3, 0.4) is 0 Å². The molecule has 1 heterocycles. The lowest BCUT2D eigenvalue weighted by Crippen LogP contribution is -2.28. The zero-order valence-corrected chi connectivity index (χ0v) is 7.61. The van der Waals surface area contributed by atoms with Gasteiger partial charge in [-0.2, -0.15) is 0 Å². The molecule has 0 unspecified atom stereocenters. The molecule has 0 aromatic heterocycles. The van der Waals surface area contributed by atoms with Gasteiger partial charge in [0.05, 0.1) is 6.61 Å². The second kappa shape index (κ2) is 4.23. The molecule has 5 heteroatoms. The highest BCUT2D eigenvalue weighted by molar-refractivity contribution is 5.67. The van der Waals surface area contributed by atoms with E-state index in [1.54, 1.807) is 0 Å². The van der Waals surface area contributed by atoms with Crippen LogP contribution in [-0.2, 0) is 23.8 Å². The molecular weight excluding hydrogens is 176 g/mol. The van der Waals surface area contributed by atoms with Gasteiger partial charge in [-0.25, -0.2) is 0 Å². The highest BCUT2D eigenvalue weighted by Gasteiger charge is 2.35. The third kappa shape index (κ3) is 3.89. The van der Waals surface area contributed by atoms with Gasteiger partial charge in [-0.05, 0) is 0 Å². The third-order valence-corrected chi connectivity index (χ3v) is 1.54. The molecule has 1 saturated heterocycles. The van der Waals surface area contributed by atoms with Gasteiger partial charge in [0.25, 0.3) is 0 Å². The summed E-state index contributed by atoms with van der Waals surface area (Å²) in [5, 5.41) is 0. The van der Waals surface area contributed by atoms with Gasteiger partial charge in [0.2, 0.25) is 0 Å². The minimum absolute atomic E-state index is 0.0690. The Balaban J connectivity index is 2.29. The third-order valence-electron chi connectivity index (χ3n) is 1.54. The van der Waals surface area contributed by atoms with Crippen molar-refractivity contribution in [2.24, 2.45) is 0 Å². The van der Waals surface area contributed by atoms with Gasteiger partial charge in [-0.15, -0.1) is 0 Å². The Labute approximate surface area is 76.0 Å². The molecule has 0 aromatic rings. The normalized spacial score (nSPS) is 21.8. The van der Waals surface area contributed by atoms with E-state index in [2.05, 4.69) is 0 Å². The van der Waals surface area contributed by atoms with Gasteiger partial charge < -0.3 is 14.2 Å². The topological polar surface area (TPSA) is 65.1 Å². The summed E-state index contributed by atoms with van der Waals surface area (Å²) in [5.41, 5.74) is 0. The van der Waals surface area contributed by atoms with E-state index in [1.807, 2.05) is 0 Å². The second-order valence-electron chi connectivity index (χ2n) is 2.82. The summed E-state index contributed by atoms with van der Waals surface area (Å²) in [6, 6.07) is 0. The molecule has 0 N–H and O–H groups in total. The summed E-state index contributed by atoms with van der Waals surface area (Å²) in [4.78, 5) is 21.1. The van der Waals surface area contributed by atoms with E-state index in [-0.39, 0.29) is 12.7 Å². The molecule has 1 fully saturated rings. The first kappa shape index (κ1) is 9.98. The van der Waals surface area contributed by atoms with Crippen molar-refractivity contribution in [3.05, 3.63) is 0 Å². The molecular formula is C8H12O5. The molecule has 13 heavy (non-hydrogen) atoms. The number of epoxide rings is 1. The van der Waals surface area contributed by atoms with Crippen LogP contribution in [-0.4, -0.2) is 37.4 Å². The van der Waals surface area contributed by atoms with Crippen LogP contribution >= 0.6 is 0 Å². The first-order valence-corrected chi connectivity index (χ1v) is 4.02. The van der Waals surface area contributed by atoms with Crippen molar-refractivity contribution >= 4 is 11.9 Å². The van der Waals surface area contributed by atoms with E-state index < -0.39 is 18.0 Å². The zero-order chi connectivity index (χ0) is 9.84. The van der Waals surface area contributed by atoms with Gasteiger partial charge in [0.15, 0.2) is 6.10 Å². The molecule has 5 nitrogen and oxygen atoms in total. The smallest absolute Gasteiger partial charge is 0.303 e. The summed E-state index contributed by atoms with van der Waals surface area (Å²) in [7, 11) is 0. The average Bonchev–Trinajstić information content (AvgIpc) is 2.78. The van der Waals surface area contributed by atoms with Crippen molar-refractivity contribution < 1.29 is 23.8 Å². The van der Waals surface area contributed by atoms with E-state index in [0.717, 1.165) is 0 Å². The standard InChI is InChI=1S/C8H12O5/c1-5(9)11-4-8(7-3-12-7)13-6(2)10/h7-8H,3-4H2,1-2H3/t7-,8-/m0/s1. The van der Waals surface area contributed by atoms with Gasteiger partial charge in [-0.1, -0.05) is 0 Å². The molecule has 1 aliphatic rings. The maximum Gasteiger partial charge on any atom is 0.303 e. The zero-order valence-electron chi connectivity index (χ0n) is 7.61. The van der Waals surface area contributed by atoms with E-state index >= 15 is 0 Å². The number of carbonyl (C=O) groups excluding carboxylic acids is 2. The van der Waals surface area contributed by atoms with Crippen molar-refractivity contribution in [2.75, 3.05) is 13.2 Å². The van der Waals surface area contributed by atoms with Gasteiger partial charge in [0, 0.05) is 13.8 Å². The van der Waals surface area contributed by atoms with E-state index in [1.165, 1.54) is 13.8 Å². The van der Waals surface area contributed by atoms with E-state index in [0.29, 0.717) is 6.61 Å². The van der Waals surface area contributed by atoms with Crippen LogP contribution in [0, 0.1) is 0 Å². The van der Waals surface area contributed by atoms with Crippen LogP contribution in [0.25, 0.3) is 0 Å². The number of carbonyl (C=O) groups is 2. The van der Waals surface area contributed by atoms with Crippen LogP contribution in [0.2, 0.25) is 0 Å². The van der Waals surface area contributed by atoms with E-state index in [4.69, 9.17) is 14.2 Å². The lowest BCUT2D eigenvalue weighted by atomic mass is 10.3. The number of ether oxygens (including phenoxy) is 3. The largest absolute Gasteiger partial charge is 0.462 e. The van der Waals surface area contributed by atoms with Crippen molar-refractivity contribution in [1.82, 2.24) is 0 Å². The molecule has 1 aliphatic heterocycles. The molecule has 0 aromatic carbocycles. The van der Waals surface area contributed by atoms with Crippen LogP contribution in [0.15, 0.2) is 0 Å². The summed E-state index contributed by atoms with van der Waals surface area (Å²) < 4.78 is 14.5. The van der Waals surface area contributed by atoms with E-state index in [9.17, 15) is 9.59 Å². The molecule has 0 aliphatic carbocycles. The Hall–Kier alpha value is -1.10.